The lowest BCUT2D eigenvalue weighted by Crippen LogP contribution is -2.37. The molecule has 1 aliphatic rings. The van der Waals surface area contributed by atoms with E-state index in [0.717, 1.165) is 56.4 Å². The minimum atomic E-state index is -1.44. The Labute approximate surface area is 204 Å². The Kier molecular flexibility index (Phi) is 13.1. The number of aliphatic hydroxyl groups is 3. The van der Waals surface area contributed by atoms with E-state index in [1.54, 1.807) is 0 Å². The van der Waals surface area contributed by atoms with Crippen molar-refractivity contribution in [1.82, 2.24) is 25.5 Å². The van der Waals surface area contributed by atoms with Gasteiger partial charge >= 0.3 is 5.69 Å². The minimum Gasteiger partial charge on any atom is -0.394 e. The van der Waals surface area contributed by atoms with E-state index in [4.69, 9.17) is 10.5 Å². The summed E-state index contributed by atoms with van der Waals surface area (Å²) in [7, 11) is 0. The first-order valence-corrected chi connectivity index (χ1v) is 12.2. The second-order valence-electron chi connectivity index (χ2n) is 8.60. The molecule has 35 heavy (non-hydrogen) atoms. The van der Waals surface area contributed by atoms with Crippen molar-refractivity contribution in [2.45, 2.75) is 63.1 Å². The lowest BCUT2D eigenvalue weighted by Gasteiger charge is -2.15. The number of H-pyrrole nitrogens is 1. The van der Waals surface area contributed by atoms with E-state index in [2.05, 4.69) is 20.9 Å². The van der Waals surface area contributed by atoms with E-state index >= 15 is 0 Å². The van der Waals surface area contributed by atoms with E-state index in [-0.39, 0.29) is 24.4 Å². The van der Waals surface area contributed by atoms with Crippen LogP contribution in [0, 0.1) is 0 Å². The number of nitrogens with two attached hydrogens (primary N) is 1. The highest BCUT2D eigenvalue weighted by molar-refractivity contribution is 5.75. The first-order chi connectivity index (χ1) is 16.9. The highest BCUT2D eigenvalue weighted by atomic mass is 16.6. The monoisotopic (exact) mass is 500 g/mol. The predicted molar refractivity (Wildman–Crippen MR) is 129 cm³/mol. The van der Waals surface area contributed by atoms with Gasteiger partial charge in [0.1, 0.15) is 24.4 Å². The largest absolute Gasteiger partial charge is 0.394 e. The first kappa shape index (κ1) is 29.1. The summed E-state index contributed by atoms with van der Waals surface area (Å²) >= 11 is 0. The normalized spacial score (nSPS) is 21.9. The number of nitrogens with one attached hydrogen (secondary N) is 4. The number of aliphatic hydroxyl groups excluding tert-OH is 3. The third-order valence-corrected chi connectivity index (χ3v) is 5.83. The van der Waals surface area contributed by atoms with Crippen molar-refractivity contribution in [3.8, 4) is 0 Å². The molecule has 0 aliphatic carbocycles. The van der Waals surface area contributed by atoms with E-state index in [1.807, 2.05) is 0 Å². The smallest absolute Gasteiger partial charge is 0.328 e. The maximum atomic E-state index is 12.2. The van der Waals surface area contributed by atoms with Gasteiger partial charge in [-0.05, 0) is 58.4 Å². The zero-order chi connectivity index (χ0) is 25.6. The molecule has 1 amide bonds. The molecular weight excluding hydrogens is 460 g/mol. The molecule has 200 valence electrons. The van der Waals surface area contributed by atoms with Gasteiger partial charge in [0.2, 0.25) is 5.91 Å². The van der Waals surface area contributed by atoms with Crippen molar-refractivity contribution >= 4 is 5.91 Å². The average molecular weight is 501 g/mol. The molecule has 9 N–H and O–H groups in total. The van der Waals surface area contributed by atoms with Gasteiger partial charge in [0.15, 0.2) is 0 Å². The quantitative estimate of drug-likeness (QED) is 0.101. The van der Waals surface area contributed by atoms with Crippen LogP contribution in [0.1, 0.15) is 43.8 Å². The molecule has 1 aliphatic heterocycles. The summed E-state index contributed by atoms with van der Waals surface area (Å²) in [4.78, 5) is 38.6. The van der Waals surface area contributed by atoms with Crippen LogP contribution in [0.5, 0.6) is 0 Å². The van der Waals surface area contributed by atoms with Crippen LogP contribution >= 0.6 is 0 Å². The van der Waals surface area contributed by atoms with Gasteiger partial charge in [-0.1, -0.05) is 0 Å². The lowest BCUT2D eigenvalue weighted by molar-refractivity contribution is -0.121. The number of hydrogen-bond acceptors (Lipinski definition) is 10. The van der Waals surface area contributed by atoms with E-state index in [0.29, 0.717) is 13.1 Å². The fourth-order valence-electron chi connectivity index (χ4n) is 3.78. The van der Waals surface area contributed by atoms with Crippen molar-refractivity contribution in [2.75, 3.05) is 45.9 Å². The SMILES string of the molecule is NCCCNCCCCNCCCNC(=O)CCn1cc([C@@H]2O[C@H](CO)C(O)C2O)c(=O)[nH]c1=O. The van der Waals surface area contributed by atoms with Gasteiger partial charge in [-0.2, -0.15) is 0 Å². The molecule has 2 rings (SSSR count). The van der Waals surface area contributed by atoms with Crippen molar-refractivity contribution < 1.29 is 24.9 Å². The van der Waals surface area contributed by atoms with E-state index in [1.165, 1.54) is 6.20 Å². The standard InChI is InChI=1S/C22H40N6O7/c23-6-3-9-24-7-1-2-8-25-10-4-11-26-17(30)5-12-28-13-15(21(33)27-22(28)34)20-19(32)18(31)16(14-29)35-20/h13,16,18-20,24-25,29,31-32H,1-12,14,23H2,(H,26,30)(H,27,33,34)/t16-,18?,19?,20+/m1/s1. The van der Waals surface area contributed by atoms with Crippen molar-refractivity contribution in [2.24, 2.45) is 5.73 Å². The summed E-state index contributed by atoms with van der Waals surface area (Å²) in [5.74, 6) is -0.235. The molecule has 0 aromatic carbocycles. The molecule has 0 spiro atoms. The van der Waals surface area contributed by atoms with E-state index < -0.39 is 42.3 Å². The van der Waals surface area contributed by atoms with Crippen LogP contribution in [-0.2, 0) is 16.1 Å². The van der Waals surface area contributed by atoms with Gasteiger partial charge in [-0.3, -0.25) is 19.1 Å². The molecule has 4 atom stereocenters. The Hall–Kier alpha value is -2.13. The lowest BCUT2D eigenvalue weighted by atomic mass is 10.0. The number of amides is 1. The number of aromatic nitrogens is 2. The number of carbonyl (C=O) groups excluding carboxylic acids is 1. The van der Waals surface area contributed by atoms with Gasteiger partial charge in [0, 0.05) is 25.7 Å². The molecule has 1 aromatic heterocycles. The summed E-state index contributed by atoms with van der Waals surface area (Å²) in [5, 5.41) is 38.8. The van der Waals surface area contributed by atoms with Gasteiger partial charge < -0.3 is 41.7 Å². The number of aryl methyl sites for hydroxylation is 1. The summed E-state index contributed by atoms with van der Waals surface area (Å²) in [6.45, 7) is 4.33. The molecule has 13 nitrogen and oxygen atoms in total. The second kappa shape index (κ2) is 15.8. The molecule has 0 saturated carbocycles. The van der Waals surface area contributed by atoms with Gasteiger partial charge in [-0.25, -0.2) is 4.79 Å². The van der Waals surface area contributed by atoms with Crippen LogP contribution in [0.3, 0.4) is 0 Å². The highest BCUT2D eigenvalue weighted by Gasteiger charge is 2.44. The van der Waals surface area contributed by atoms with Crippen LogP contribution < -0.4 is 32.9 Å². The zero-order valence-corrected chi connectivity index (χ0v) is 20.1. The Balaban J connectivity index is 1.67. The van der Waals surface area contributed by atoms with Crippen molar-refractivity contribution in [1.29, 1.82) is 0 Å². The molecule has 0 bridgehead atoms. The van der Waals surface area contributed by atoms with Crippen LogP contribution in [0.2, 0.25) is 0 Å². The molecule has 1 aromatic rings. The van der Waals surface area contributed by atoms with Crippen LogP contribution in [0.25, 0.3) is 0 Å². The van der Waals surface area contributed by atoms with Crippen LogP contribution in [0.4, 0.5) is 0 Å². The average Bonchev–Trinajstić information content (AvgIpc) is 3.12. The van der Waals surface area contributed by atoms with Crippen molar-refractivity contribution in [3.63, 3.8) is 0 Å². The molecule has 1 saturated heterocycles. The number of ether oxygens (including phenoxy) is 1. The minimum absolute atomic E-state index is 0.0147. The van der Waals surface area contributed by atoms with E-state index in [9.17, 15) is 29.7 Å². The summed E-state index contributed by atoms with van der Waals surface area (Å²) in [6.07, 6.45) is 0.109. The van der Waals surface area contributed by atoms with Crippen LogP contribution in [0.15, 0.2) is 15.8 Å². The topological polar surface area (TPSA) is 204 Å². The number of carbonyl (C=O) groups is 1. The Bertz CT molecular complexity index is 877. The maximum Gasteiger partial charge on any atom is 0.328 e. The molecular formula is C22H40N6O7. The molecule has 13 heteroatoms. The fourth-order valence-corrected chi connectivity index (χ4v) is 3.78. The second-order valence-corrected chi connectivity index (χ2v) is 8.60. The summed E-state index contributed by atoms with van der Waals surface area (Å²) < 4.78 is 6.52. The number of rotatable bonds is 17. The van der Waals surface area contributed by atoms with Gasteiger partial charge in [-0.15, -0.1) is 0 Å². The Morgan fingerprint density at radius 1 is 1.03 bits per heavy atom. The number of hydrogen-bond donors (Lipinski definition) is 8. The molecule has 1 fully saturated rings. The van der Waals surface area contributed by atoms with Gasteiger partial charge in [0.25, 0.3) is 5.56 Å². The van der Waals surface area contributed by atoms with Gasteiger partial charge in [0.05, 0.1) is 12.2 Å². The summed E-state index contributed by atoms with van der Waals surface area (Å²) in [6, 6.07) is 0. The fraction of sp³-hybridized carbons (Fsp3) is 0.773. The molecule has 0 radical (unpaired) electrons. The Morgan fingerprint density at radius 2 is 1.69 bits per heavy atom. The third kappa shape index (κ3) is 9.44. The highest BCUT2D eigenvalue weighted by Crippen LogP contribution is 2.31. The van der Waals surface area contributed by atoms with Crippen LogP contribution in [-0.4, -0.2) is 95.0 Å². The predicted octanol–water partition coefficient (Wildman–Crippen LogP) is -3.10. The zero-order valence-electron chi connectivity index (χ0n) is 20.1. The Morgan fingerprint density at radius 3 is 2.31 bits per heavy atom. The van der Waals surface area contributed by atoms with Crippen molar-refractivity contribution in [3.05, 3.63) is 32.6 Å². The maximum absolute atomic E-state index is 12.2. The number of unbranched alkanes of at least 4 members (excludes halogenated alkanes) is 1. The number of nitrogens with zero attached hydrogens (tertiary/aromatic N) is 1. The molecule has 2 unspecified atom stereocenters. The number of aromatic amines is 1. The molecule has 2 heterocycles. The first-order valence-electron chi connectivity index (χ1n) is 12.2. The third-order valence-electron chi connectivity index (χ3n) is 5.83. The summed E-state index contributed by atoms with van der Waals surface area (Å²) in [5.41, 5.74) is 3.91.